The first-order chi connectivity index (χ1) is 48.2. The van der Waals surface area contributed by atoms with Crippen LogP contribution in [0.2, 0.25) is 0 Å². The zero-order valence-electron chi connectivity index (χ0n) is 65.8. The summed E-state index contributed by atoms with van der Waals surface area (Å²) in [5, 5.41) is 10.6. The third-order valence-corrected chi connectivity index (χ3v) is 21.8. The van der Waals surface area contributed by atoms with Gasteiger partial charge in [0, 0.05) is 25.7 Å². The topological polar surface area (TPSA) is 237 Å². The Morgan fingerprint density at radius 1 is 0.280 bits per heavy atom. The van der Waals surface area contributed by atoms with Gasteiger partial charge in [0.05, 0.1) is 26.4 Å². The van der Waals surface area contributed by atoms with E-state index in [-0.39, 0.29) is 25.7 Å². The fourth-order valence-corrected chi connectivity index (χ4v) is 13.9. The van der Waals surface area contributed by atoms with Crippen LogP contribution in [0.5, 0.6) is 0 Å². The Hall–Kier alpha value is -1.94. The van der Waals surface area contributed by atoms with Gasteiger partial charge in [0.15, 0.2) is 12.2 Å². The molecule has 0 aliphatic carbocycles. The molecule has 8 atom stereocenters. The molecule has 0 aliphatic rings. The lowest BCUT2D eigenvalue weighted by Gasteiger charge is -2.21. The van der Waals surface area contributed by atoms with E-state index < -0.39 is 97.5 Å². The van der Waals surface area contributed by atoms with Crippen LogP contribution in [0.25, 0.3) is 0 Å². The first kappa shape index (κ1) is 98.1. The van der Waals surface area contributed by atoms with Gasteiger partial charge in [-0.25, -0.2) is 9.13 Å². The van der Waals surface area contributed by atoms with Crippen molar-refractivity contribution in [2.75, 3.05) is 39.6 Å². The summed E-state index contributed by atoms with van der Waals surface area (Å²) in [5.41, 5.74) is 0. The van der Waals surface area contributed by atoms with E-state index in [9.17, 15) is 43.2 Å². The second kappa shape index (κ2) is 70.1. The molecule has 17 nitrogen and oxygen atoms in total. The van der Waals surface area contributed by atoms with Crippen LogP contribution in [0.4, 0.5) is 0 Å². The molecule has 0 saturated carbocycles. The Morgan fingerprint density at radius 3 is 0.710 bits per heavy atom. The van der Waals surface area contributed by atoms with Gasteiger partial charge in [0.25, 0.3) is 0 Å². The van der Waals surface area contributed by atoms with E-state index in [1.54, 1.807) is 0 Å². The molecule has 0 heterocycles. The molecule has 0 aliphatic heterocycles. The van der Waals surface area contributed by atoms with Gasteiger partial charge < -0.3 is 33.8 Å². The van der Waals surface area contributed by atoms with Crippen LogP contribution in [0, 0.1) is 23.7 Å². The maximum Gasteiger partial charge on any atom is 0.472 e. The highest BCUT2D eigenvalue weighted by Crippen LogP contribution is 2.45. The van der Waals surface area contributed by atoms with E-state index in [0.717, 1.165) is 120 Å². The first-order valence-corrected chi connectivity index (χ1v) is 44.8. The largest absolute Gasteiger partial charge is 0.472 e. The average molecular weight is 1470 g/mol. The Balaban J connectivity index is 5.25. The van der Waals surface area contributed by atoms with Gasteiger partial charge >= 0.3 is 39.5 Å². The van der Waals surface area contributed by atoms with Crippen molar-refractivity contribution in [2.24, 2.45) is 23.7 Å². The lowest BCUT2D eigenvalue weighted by molar-refractivity contribution is -0.161. The Labute approximate surface area is 613 Å². The second-order valence-electron chi connectivity index (χ2n) is 30.4. The Kier molecular flexibility index (Phi) is 68.7. The van der Waals surface area contributed by atoms with Crippen LogP contribution >= 0.6 is 15.6 Å². The molecule has 0 aromatic rings. The molecule has 0 fully saturated rings. The zero-order valence-corrected chi connectivity index (χ0v) is 67.6. The minimum absolute atomic E-state index is 0.106. The molecular formula is C81H158O17P2. The highest BCUT2D eigenvalue weighted by molar-refractivity contribution is 7.47. The summed E-state index contributed by atoms with van der Waals surface area (Å²) >= 11 is 0. The second-order valence-corrected chi connectivity index (χ2v) is 33.3. The van der Waals surface area contributed by atoms with Crippen molar-refractivity contribution in [1.82, 2.24) is 0 Å². The molecule has 0 saturated heterocycles. The first-order valence-electron chi connectivity index (χ1n) is 41.8. The van der Waals surface area contributed by atoms with Gasteiger partial charge in [-0.3, -0.25) is 37.3 Å². The number of aliphatic hydroxyl groups is 1. The van der Waals surface area contributed by atoms with Crippen LogP contribution in [-0.4, -0.2) is 96.7 Å². The van der Waals surface area contributed by atoms with Crippen LogP contribution in [0.15, 0.2) is 0 Å². The number of phosphoric acid groups is 2. The third kappa shape index (κ3) is 70.4. The minimum atomic E-state index is -4.96. The SMILES string of the molecule is CCC(C)CCCCCCCCCCCCCCCCC(=O)O[C@H](COC(=O)CCCCCCCCCCCCC(C)CC)COP(=O)(O)OC[C@@H](O)COP(=O)(O)OC[C@@H](COC(=O)CCCCCCCCC(C)CC)OC(=O)CCCCCCCCCCCCCCCCCC(C)C. The number of unbranched alkanes of at least 4 members (excludes halogenated alkanes) is 41. The monoisotopic (exact) mass is 1470 g/mol. The normalized spacial score (nSPS) is 14.8. The van der Waals surface area contributed by atoms with E-state index in [1.807, 2.05) is 0 Å². The van der Waals surface area contributed by atoms with Crippen molar-refractivity contribution < 1.29 is 80.2 Å². The summed E-state index contributed by atoms with van der Waals surface area (Å²) in [6.45, 7) is 14.3. The summed E-state index contributed by atoms with van der Waals surface area (Å²) in [6.07, 6.45) is 56.7. The highest BCUT2D eigenvalue weighted by Gasteiger charge is 2.30. The molecule has 0 rings (SSSR count). The summed E-state index contributed by atoms with van der Waals surface area (Å²) in [7, 11) is -9.92. The molecule has 0 aromatic carbocycles. The van der Waals surface area contributed by atoms with E-state index >= 15 is 0 Å². The number of hydrogen-bond acceptors (Lipinski definition) is 15. The predicted octanol–water partition coefficient (Wildman–Crippen LogP) is 24.0. The van der Waals surface area contributed by atoms with E-state index in [1.165, 1.54) is 212 Å². The molecule has 0 spiro atoms. The Morgan fingerprint density at radius 2 is 0.480 bits per heavy atom. The van der Waals surface area contributed by atoms with Gasteiger partial charge in [-0.2, -0.15) is 0 Å². The summed E-state index contributed by atoms with van der Waals surface area (Å²) < 4.78 is 68.7. The summed E-state index contributed by atoms with van der Waals surface area (Å²) in [5.74, 6) is 1.07. The number of hydrogen-bond donors (Lipinski definition) is 3. The van der Waals surface area contributed by atoms with Crippen molar-refractivity contribution in [3.63, 3.8) is 0 Å². The zero-order chi connectivity index (χ0) is 73.8. The van der Waals surface area contributed by atoms with Crippen LogP contribution < -0.4 is 0 Å². The number of carbonyl (C=O) groups is 4. The minimum Gasteiger partial charge on any atom is -0.462 e. The quantitative estimate of drug-likeness (QED) is 0.0222. The van der Waals surface area contributed by atoms with Crippen molar-refractivity contribution >= 4 is 39.5 Å². The van der Waals surface area contributed by atoms with Gasteiger partial charge in [-0.05, 0) is 49.4 Å². The molecule has 19 heteroatoms. The van der Waals surface area contributed by atoms with Gasteiger partial charge in [0.2, 0.25) is 0 Å². The number of aliphatic hydroxyl groups excluding tert-OH is 1. The maximum atomic E-state index is 13.1. The smallest absolute Gasteiger partial charge is 0.462 e. The van der Waals surface area contributed by atoms with E-state index in [2.05, 4.69) is 55.4 Å². The molecule has 100 heavy (non-hydrogen) atoms. The highest BCUT2D eigenvalue weighted by atomic mass is 31.2. The number of esters is 4. The van der Waals surface area contributed by atoms with Crippen molar-refractivity contribution in [3.05, 3.63) is 0 Å². The summed E-state index contributed by atoms with van der Waals surface area (Å²) in [6, 6.07) is 0. The van der Waals surface area contributed by atoms with Crippen LogP contribution in [-0.2, 0) is 65.4 Å². The molecular weight excluding hydrogens is 1310 g/mol. The fourth-order valence-electron chi connectivity index (χ4n) is 12.3. The van der Waals surface area contributed by atoms with Crippen LogP contribution in [0.3, 0.4) is 0 Å². The molecule has 0 radical (unpaired) electrons. The number of rotatable bonds is 78. The van der Waals surface area contributed by atoms with Crippen molar-refractivity contribution in [1.29, 1.82) is 0 Å². The molecule has 5 unspecified atom stereocenters. The van der Waals surface area contributed by atoms with E-state index in [4.69, 9.17) is 37.0 Å². The van der Waals surface area contributed by atoms with Gasteiger partial charge in [0.1, 0.15) is 19.3 Å². The van der Waals surface area contributed by atoms with Crippen molar-refractivity contribution in [3.8, 4) is 0 Å². The molecule has 0 amide bonds. The average Bonchev–Trinajstić information content (AvgIpc) is 0.944. The van der Waals surface area contributed by atoms with Crippen LogP contribution in [0.1, 0.15) is 415 Å². The number of carbonyl (C=O) groups excluding carboxylic acids is 4. The Bertz CT molecular complexity index is 1960. The lowest BCUT2D eigenvalue weighted by atomic mass is 9.99. The third-order valence-electron chi connectivity index (χ3n) is 19.9. The van der Waals surface area contributed by atoms with E-state index in [0.29, 0.717) is 25.7 Å². The number of ether oxygens (including phenoxy) is 4. The predicted molar refractivity (Wildman–Crippen MR) is 409 cm³/mol. The fraction of sp³-hybridized carbons (Fsp3) is 0.951. The molecule has 594 valence electrons. The summed E-state index contributed by atoms with van der Waals surface area (Å²) in [4.78, 5) is 73.0. The molecule has 0 aromatic heterocycles. The van der Waals surface area contributed by atoms with Gasteiger partial charge in [-0.15, -0.1) is 0 Å². The number of phosphoric ester groups is 2. The molecule has 3 N–H and O–H groups in total. The molecule has 0 bridgehead atoms. The lowest BCUT2D eigenvalue weighted by Crippen LogP contribution is -2.30. The standard InChI is InChI=1S/C81H158O17P2/c1-9-72(6)58-50-42-34-28-22-18-15-16-20-24-32-38-48-56-63-80(85)97-76(67-91-78(83)61-53-45-36-30-26-25-29-35-43-51-59-73(7)10-2)69-95-99(87,88)93-65-75(82)66-94-100(89,90)96-70-77(68-92-79(84)62-54-46-40-39-44-52-60-74(8)11-3)98-81(86)64-55-47-37-31-23-19-14-12-13-17-21-27-33-41-49-57-71(4)5/h71-77,82H,9-70H2,1-8H3,(H,87,88)(H,89,90)/t72?,73?,74?,75-,76-,77-/m1/s1. The van der Waals surface area contributed by atoms with Crippen molar-refractivity contribution in [2.45, 2.75) is 433 Å². The van der Waals surface area contributed by atoms with Gasteiger partial charge in [-0.1, -0.05) is 364 Å². The maximum absolute atomic E-state index is 13.1.